The molecule has 2 rings (SSSR count). The Bertz CT molecular complexity index is 412. The predicted octanol–water partition coefficient (Wildman–Crippen LogP) is 2.99. The van der Waals surface area contributed by atoms with Gasteiger partial charge in [-0.05, 0) is 46.3 Å². The maximum atomic E-state index is 5.50. The van der Waals surface area contributed by atoms with Crippen molar-refractivity contribution in [2.24, 2.45) is 0 Å². The minimum absolute atomic E-state index is 0.0635. The summed E-state index contributed by atoms with van der Waals surface area (Å²) in [6.45, 7) is 0. The smallest absolute Gasteiger partial charge is 0.320 e. The first-order chi connectivity index (χ1) is 6.25. The van der Waals surface area contributed by atoms with Crippen molar-refractivity contribution in [3.8, 4) is 11.4 Å². The van der Waals surface area contributed by atoms with Gasteiger partial charge < -0.3 is 4.52 Å². The van der Waals surface area contributed by atoms with Gasteiger partial charge >= 0.3 is 5.35 Å². The van der Waals surface area contributed by atoms with Gasteiger partial charge in [0.1, 0.15) is 0 Å². The largest absolute Gasteiger partial charge is 0.321 e. The molecular formula is C8H4ClIN2O. The first-order valence-corrected chi connectivity index (χ1v) is 4.96. The molecule has 2 aromatic rings. The Labute approximate surface area is 93.2 Å². The van der Waals surface area contributed by atoms with Crippen molar-refractivity contribution in [1.82, 2.24) is 10.1 Å². The summed E-state index contributed by atoms with van der Waals surface area (Å²) >= 11 is 7.73. The van der Waals surface area contributed by atoms with Crippen molar-refractivity contribution < 1.29 is 4.52 Å². The number of aromatic nitrogens is 2. The Balaban J connectivity index is 2.41. The zero-order valence-electron chi connectivity index (χ0n) is 6.37. The molecule has 0 saturated carbocycles. The van der Waals surface area contributed by atoms with Crippen LogP contribution in [0.25, 0.3) is 11.4 Å². The molecule has 13 heavy (non-hydrogen) atoms. The highest BCUT2D eigenvalue weighted by molar-refractivity contribution is 14.1. The second-order valence-electron chi connectivity index (χ2n) is 2.38. The molecule has 66 valence electrons. The number of hydrogen-bond donors (Lipinski definition) is 0. The average molecular weight is 306 g/mol. The van der Waals surface area contributed by atoms with E-state index in [-0.39, 0.29) is 5.35 Å². The number of hydrogen-bond acceptors (Lipinski definition) is 3. The number of nitrogens with zero attached hydrogens (tertiary/aromatic N) is 2. The number of halogens is 2. The summed E-state index contributed by atoms with van der Waals surface area (Å²) in [6.07, 6.45) is 0. The Morgan fingerprint density at radius 2 is 1.92 bits per heavy atom. The summed E-state index contributed by atoms with van der Waals surface area (Å²) < 4.78 is 5.81. The van der Waals surface area contributed by atoms with Crippen LogP contribution in [-0.4, -0.2) is 10.1 Å². The van der Waals surface area contributed by atoms with Gasteiger partial charge in [-0.25, -0.2) is 0 Å². The van der Waals surface area contributed by atoms with Gasteiger partial charge in [0.15, 0.2) is 0 Å². The highest BCUT2D eigenvalue weighted by Crippen LogP contribution is 2.18. The molecule has 0 aliphatic heterocycles. The lowest BCUT2D eigenvalue weighted by molar-refractivity contribution is 0.421. The van der Waals surface area contributed by atoms with E-state index in [9.17, 15) is 0 Å². The SMILES string of the molecule is Clc1nc(-c2ccc(I)cc2)no1. The lowest BCUT2D eigenvalue weighted by Gasteiger charge is -1.92. The van der Waals surface area contributed by atoms with Gasteiger partial charge in [-0.15, -0.1) is 0 Å². The Morgan fingerprint density at radius 3 is 2.46 bits per heavy atom. The van der Waals surface area contributed by atoms with Crippen LogP contribution < -0.4 is 0 Å². The van der Waals surface area contributed by atoms with Crippen molar-refractivity contribution in [2.45, 2.75) is 0 Å². The maximum Gasteiger partial charge on any atom is 0.320 e. The highest BCUT2D eigenvalue weighted by atomic mass is 127. The van der Waals surface area contributed by atoms with Gasteiger partial charge in [0, 0.05) is 9.13 Å². The van der Waals surface area contributed by atoms with E-state index in [1.165, 1.54) is 0 Å². The minimum atomic E-state index is 0.0635. The molecule has 0 atom stereocenters. The quantitative estimate of drug-likeness (QED) is 0.760. The van der Waals surface area contributed by atoms with Crippen LogP contribution in [0.4, 0.5) is 0 Å². The summed E-state index contributed by atoms with van der Waals surface area (Å²) in [5.41, 5.74) is 0.899. The molecular weight excluding hydrogens is 302 g/mol. The molecule has 0 radical (unpaired) electrons. The van der Waals surface area contributed by atoms with E-state index in [1.807, 2.05) is 24.3 Å². The molecule has 1 aromatic carbocycles. The summed E-state index contributed by atoms with van der Waals surface area (Å²) in [7, 11) is 0. The Kier molecular flexibility index (Phi) is 2.50. The zero-order valence-corrected chi connectivity index (χ0v) is 9.28. The van der Waals surface area contributed by atoms with Crippen LogP contribution in [0.3, 0.4) is 0 Å². The lowest BCUT2D eigenvalue weighted by atomic mass is 10.2. The van der Waals surface area contributed by atoms with Gasteiger partial charge in [0.05, 0.1) is 0 Å². The molecule has 0 fully saturated rings. The Hall–Kier alpha value is -0.620. The first-order valence-electron chi connectivity index (χ1n) is 3.51. The van der Waals surface area contributed by atoms with E-state index >= 15 is 0 Å². The number of benzene rings is 1. The average Bonchev–Trinajstić information content (AvgIpc) is 2.53. The van der Waals surface area contributed by atoms with E-state index in [2.05, 4.69) is 37.3 Å². The topological polar surface area (TPSA) is 38.9 Å². The van der Waals surface area contributed by atoms with Crippen molar-refractivity contribution >= 4 is 34.2 Å². The van der Waals surface area contributed by atoms with Crippen LogP contribution in [0.2, 0.25) is 5.35 Å². The molecule has 0 amide bonds. The van der Waals surface area contributed by atoms with E-state index in [0.717, 1.165) is 9.13 Å². The van der Waals surface area contributed by atoms with Gasteiger partial charge in [0.25, 0.3) is 0 Å². The summed E-state index contributed by atoms with van der Waals surface area (Å²) in [5, 5.41) is 3.76. The molecule has 0 unspecified atom stereocenters. The van der Waals surface area contributed by atoms with Crippen molar-refractivity contribution in [3.05, 3.63) is 33.2 Å². The predicted molar refractivity (Wildman–Crippen MR) is 57.5 cm³/mol. The molecule has 3 nitrogen and oxygen atoms in total. The van der Waals surface area contributed by atoms with Crippen molar-refractivity contribution in [2.75, 3.05) is 0 Å². The molecule has 5 heteroatoms. The molecule has 1 heterocycles. The third-order valence-corrected chi connectivity index (χ3v) is 2.38. The molecule has 0 spiro atoms. The minimum Gasteiger partial charge on any atom is -0.321 e. The lowest BCUT2D eigenvalue weighted by Crippen LogP contribution is -1.79. The van der Waals surface area contributed by atoms with E-state index in [4.69, 9.17) is 11.6 Å². The van der Waals surface area contributed by atoms with Crippen molar-refractivity contribution in [1.29, 1.82) is 0 Å². The second kappa shape index (κ2) is 3.63. The standard InChI is InChI=1S/C8H4ClIN2O/c9-8-11-7(12-13-8)5-1-3-6(10)4-2-5/h1-4H. The molecule has 0 bridgehead atoms. The van der Waals surface area contributed by atoms with E-state index < -0.39 is 0 Å². The monoisotopic (exact) mass is 306 g/mol. The molecule has 1 aromatic heterocycles. The van der Waals surface area contributed by atoms with Crippen LogP contribution in [0.5, 0.6) is 0 Å². The van der Waals surface area contributed by atoms with Gasteiger partial charge in [-0.1, -0.05) is 17.3 Å². The fourth-order valence-corrected chi connectivity index (χ4v) is 1.40. The van der Waals surface area contributed by atoms with Gasteiger partial charge in [-0.2, -0.15) is 4.98 Å². The van der Waals surface area contributed by atoms with E-state index in [1.54, 1.807) is 0 Å². The fourth-order valence-electron chi connectivity index (χ4n) is 0.921. The van der Waals surface area contributed by atoms with Crippen LogP contribution in [0, 0.1) is 3.57 Å². The molecule has 0 aliphatic carbocycles. The molecule has 0 saturated heterocycles. The molecule has 0 N–H and O–H groups in total. The zero-order chi connectivity index (χ0) is 9.26. The molecule has 0 aliphatic rings. The maximum absolute atomic E-state index is 5.50. The van der Waals surface area contributed by atoms with Crippen LogP contribution in [0.15, 0.2) is 28.8 Å². The Morgan fingerprint density at radius 1 is 1.23 bits per heavy atom. The third kappa shape index (κ3) is 2.00. The summed E-state index contributed by atoms with van der Waals surface area (Å²) in [5.74, 6) is 0.515. The van der Waals surface area contributed by atoms with Crippen LogP contribution >= 0.6 is 34.2 Å². The summed E-state index contributed by atoms with van der Waals surface area (Å²) in [4.78, 5) is 3.90. The fraction of sp³-hybridized carbons (Fsp3) is 0. The first kappa shape index (κ1) is 8.96. The third-order valence-electron chi connectivity index (χ3n) is 1.50. The van der Waals surface area contributed by atoms with Crippen molar-refractivity contribution in [3.63, 3.8) is 0 Å². The van der Waals surface area contributed by atoms with Gasteiger partial charge in [0.2, 0.25) is 5.82 Å². The summed E-state index contributed by atoms with van der Waals surface area (Å²) in [6, 6.07) is 7.78. The van der Waals surface area contributed by atoms with Crippen LogP contribution in [0.1, 0.15) is 0 Å². The van der Waals surface area contributed by atoms with Crippen LogP contribution in [-0.2, 0) is 0 Å². The second-order valence-corrected chi connectivity index (χ2v) is 3.95. The van der Waals surface area contributed by atoms with Gasteiger partial charge in [-0.3, -0.25) is 0 Å². The number of rotatable bonds is 1. The highest BCUT2D eigenvalue weighted by Gasteiger charge is 2.05. The normalized spacial score (nSPS) is 10.3. The van der Waals surface area contributed by atoms with E-state index in [0.29, 0.717) is 5.82 Å².